The summed E-state index contributed by atoms with van der Waals surface area (Å²) in [7, 11) is 0. The first-order chi connectivity index (χ1) is 9.27. The van der Waals surface area contributed by atoms with E-state index in [9.17, 15) is 0 Å². The van der Waals surface area contributed by atoms with E-state index in [0.717, 1.165) is 31.9 Å². The van der Waals surface area contributed by atoms with E-state index in [2.05, 4.69) is 48.1 Å². The third kappa shape index (κ3) is 6.69. The number of nitrogens with zero attached hydrogens (tertiary/aromatic N) is 2. The monoisotopic (exact) mass is 263 g/mol. The van der Waals surface area contributed by atoms with E-state index >= 15 is 0 Å². The average Bonchev–Trinajstić information content (AvgIpc) is 2.45. The summed E-state index contributed by atoms with van der Waals surface area (Å²) < 4.78 is 0. The van der Waals surface area contributed by atoms with Crippen LogP contribution >= 0.6 is 0 Å². The van der Waals surface area contributed by atoms with Gasteiger partial charge in [0.25, 0.3) is 0 Å². The second-order valence-electron chi connectivity index (χ2n) is 5.14. The van der Waals surface area contributed by atoms with E-state index in [1.54, 1.807) is 0 Å². The topological polar surface area (TPSA) is 28.2 Å². The standard InChI is InChI=1S/C16H29N3/c1-4-6-8-11-17-13-15(3)19(5-2)14-16-10-7-9-12-18-16/h7,9-10,12,15,17H,4-6,8,11,13-14H2,1-3H3. The van der Waals surface area contributed by atoms with Gasteiger partial charge in [0.2, 0.25) is 0 Å². The van der Waals surface area contributed by atoms with Crippen molar-refractivity contribution in [3.63, 3.8) is 0 Å². The van der Waals surface area contributed by atoms with E-state index in [4.69, 9.17) is 0 Å². The van der Waals surface area contributed by atoms with Crippen molar-refractivity contribution >= 4 is 0 Å². The molecule has 0 radical (unpaired) electrons. The summed E-state index contributed by atoms with van der Waals surface area (Å²) >= 11 is 0. The summed E-state index contributed by atoms with van der Waals surface area (Å²) in [6.07, 6.45) is 5.78. The molecule has 1 heterocycles. The lowest BCUT2D eigenvalue weighted by molar-refractivity contribution is 0.204. The molecule has 0 fully saturated rings. The second-order valence-corrected chi connectivity index (χ2v) is 5.14. The van der Waals surface area contributed by atoms with E-state index < -0.39 is 0 Å². The Labute approximate surface area is 118 Å². The smallest absolute Gasteiger partial charge is 0.0544 e. The maximum atomic E-state index is 4.41. The molecule has 0 aliphatic carbocycles. The van der Waals surface area contributed by atoms with Gasteiger partial charge in [-0.3, -0.25) is 9.88 Å². The number of aromatic nitrogens is 1. The summed E-state index contributed by atoms with van der Waals surface area (Å²) in [6.45, 7) is 11.0. The van der Waals surface area contributed by atoms with Crippen molar-refractivity contribution < 1.29 is 0 Å². The number of likely N-dealkylation sites (N-methyl/N-ethyl adjacent to an activating group) is 1. The predicted molar refractivity (Wildman–Crippen MR) is 82.2 cm³/mol. The van der Waals surface area contributed by atoms with Crippen LogP contribution in [0.25, 0.3) is 0 Å². The van der Waals surface area contributed by atoms with Gasteiger partial charge in [0.15, 0.2) is 0 Å². The predicted octanol–water partition coefficient (Wildman–Crippen LogP) is 3.07. The lowest BCUT2D eigenvalue weighted by atomic mass is 10.2. The zero-order chi connectivity index (χ0) is 13.9. The summed E-state index contributed by atoms with van der Waals surface area (Å²) in [5, 5.41) is 3.56. The van der Waals surface area contributed by atoms with Crippen LogP contribution in [-0.2, 0) is 6.54 Å². The minimum Gasteiger partial charge on any atom is -0.315 e. The number of pyridine rings is 1. The molecule has 1 aromatic rings. The van der Waals surface area contributed by atoms with E-state index in [0.29, 0.717) is 6.04 Å². The van der Waals surface area contributed by atoms with Crippen molar-refractivity contribution in [2.45, 2.75) is 52.6 Å². The van der Waals surface area contributed by atoms with Crippen LogP contribution in [0.3, 0.4) is 0 Å². The third-order valence-corrected chi connectivity index (χ3v) is 3.52. The van der Waals surface area contributed by atoms with Crippen LogP contribution in [-0.4, -0.2) is 35.6 Å². The zero-order valence-electron chi connectivity index (χ0n) is 12.7. The molecule has 108 valence electrons. The van der Waals surface area contributed by atoms with Crippen LogP contribution in [0.15, 0.2) is 24.4 Å². The molecule has 1 unspecified atom stereocenters. The number of nitrogens with one attached hydrogen (secondary N) is 1. The summed E-state index contributed by atoms with van der Waals surface area (Å²) in [4.78, 5) is 6.88. The first-order valence-corrected chi connectivity index (χ1v) is 7.62. The van der Waals surface area contributed by atoms with Crippen LogP contribution in [0.5, 0.6) is 0 Å². The Morgan fingerprint density at radius 2 is 2.11 bits per heavy atom. The van der Waals surface area contributed by atoms with Crippen molar-refractivity contribution in [2.75, 3.05) is 19.6 Å². The highest BCUT2D eigenvalue weighted by Crippen LogP contribution is 2.05. The van der Waals surface area contributed by atoms with Gasteiger partial charge in [0, 0.05) is 25.3 Å². The number of hydrogen-bond donors (Lipinski definition) is 1. The van der Waals surface area contributed by atoms with E-state index in [1.165, 1.54) is 19.3 Å². The van der Waals surface area contributed by atoms with E-state index in [1.807, 2.05) is 12.3 Å². The highest BCUT2D eigenvalue weighted by Gasteiger charge is 2.12. The SMILES string of the molecule is CCCCCNCC(C)N(CC)Cc1ccccn1. The largest absolute Gasteiger partial charge is 0.315 e. The van der Waals surface area contributed by atoms with E-state index in [-0.39, 0.29) is 0 Å². The van der Waals surface area contributed by atoms with Crippen molar-refractivity contribution in [3.8, 4) is 0 Å². The van der Waals surface area contributed by atoms with Crippen LogP contribution in [0.2, 0.25) is 0 Å². The molecule has 1 N–H and O–H groups in total. The van der Waals surface area contributed by atoms with Crippen LogP contribution < -0.4 is 5.32 Å². The molecule has 1 rings (SSSR count). The molecule has 0 aromatic carbocycles. The Morgan fingerprint density at radius 1 is 1.26 bits per heavy atom. The Morgan fingerprint density at radius 3 is 2.74 bits per heavy atom. The van der Waals surface area contributed by atoms with Crippen molar-refractivity contribution in [3.05, 3.63) is 30.1 Å². The van der Waals surface area contributed by atoms with Gasteiger partial charge in [-0.25, -0.2) is 0 Å². The van der Waals surface area contributed by atoms with Gasteiger partial charge in [-0.15, -0.1) is 0 Å². The quantitative estimate of drug-likeness (QED) is 0.658. The zero-order valence-corrected chi connectivity index (χ0v) is 12.7. The second kappa shape index (κ2) is 9.93. The molecule has 0 saturated heterocycles. The maximum Gasteiger partial charge on any atom is 0.0544 e. The van der Waals surface area contributed by atoms with Gasteiger partial charge < -0.3 is 5.32 Å². The van der Waals surface area contributed by atoms with Crippen molar-refractivity contribution in [1.29, 1.82) is 0 Å². The molecule has 19 heavy (non-hydrogen) atoms. The maximum absolute atomic E-state index is 4.41. The molecule has 0 amide bonds. The molecule has 0 saturated carbocycles. The minimum absolute atomic E-state index is 0.550. The Bertz CT molecular complexity index is 313. The molecule has 0 aliphatic heterocycles. The van der Waals surface area contributed by atoms with Crippen LogP contribution in [0.4, 0.5) is 0 Å². The normalized spacial score (nSPS) is 12.8. The van der Waals surface area contributed by atoms with Crippen molar-refractivity contribution in [1.82, 2.24) is 15.2 Å². The molecular formula is C16H29N3. The molecular weight excluding hydrogens is 234 g/mol. The first-order valence-electron chi connectivity index (χ1n) is 7.62. The third-order valence-electron chi connectivity index (χ3n) is 3.52. The first kappa shape index (κ1) is 16.1. The Balaban J connectivity index is 2.29. The fraction of sp³-hybridized carbons (Fsp3) is 0.688. The Hall–Kier alpha value is -0.930. The summed E-state index contributed by atoms with van der Waals surface area (Å²) in [5.74, 6) is 0. The molecule has 0 bridgehead atoms. The number of unbranched alkanes of at least 4 members (excludes halogenated alkanes) is 2. The summed E-state index contributed by atoms with van der Waals surface area (Å²) in [6, 6.07) is 6.68. The van der Waals surface area contributed by atoms with Gasteiger partial charge in [0.1, 0.15) is 0 Å². The number of hydrogen-bond acceptors (Lipinski definition) is 3. The molecule has 3 nitrogen and oxygen atoms in total. The molecule has 1 atom stereocenters. The van der Waals surface area contributed by atoms with Gasteiger partial charge in [-0.05, 0) is 38.6 Å². The van der Waals surface area contributed by atoms with Crippen LogP contribution in [0.1, 0.15) is 45.7 Å². The highest BCUT2D eigenvalue weighted by molar-refractivity contribution is 5.03. The molecule has 1 aromatic heterocycles. The molecule has 0 spiro atoms. The lowest BCUT2D eigenvalue weighted by Gasteiger charge is -2.27. The lowest BCUT2D eigenvalue weighted by Crippen LogP contribution is -2.40. The average molecular weight is 263 g/mol. The Kier molecular flexibility index (Phi) is 8.43. The fourth-order valence-electron chi connectivity index (χ4n) is 2.22. The highest BCUT2D eigenvalue weighted by atomic mass is 15.2. The summed E-state index contributed by atoms with van der Waals surface area (Å²) in [5.41, 5.74) is 1.15. The fourth-order valence-corrected chi connectivity index (χ4v) is 2.22. The van der Waals surface area contributed by atoms with Gasteiger partial charge in [0.05, 0.1) is 5.69 Å². The van der Waals surface area contributed by atoms with Crippen LogP contribution in [0, 0.1) is 0 Å². The molecule has 3 heteroatoms. The van der Waals surface area contributed by atoms with Crippen molar-refractivity contribution in [2.24, 2.45) is 0 Å². The minimum atomic E-state index is 0.550. The number of rotatable bonds is 10. The molecule has 0 aliphatic rings. The van der Waals surface area contributed by atoms with Gasteiger partial charge >= 0.3 is 0 Å². The van der Waals surface area contributed by atoms with Gasteiger partial charge in [-0.1, -0.05) is 32.8 Å². The van der Waals surface area contributed by atoms with Gasteiger partial charge in [-0.2, -0.15) is 0 Å².